The van der Waals surface area contributed by atoms with Crippen LogP contribution in [0.4, 0.5) is 0 Å². The molecular weight excluding hydrogens is 375 g/mol. The van der Waals surface area contributed by atoms with Crippen LogP contribution in [0.25, 0.3) is 18.2 Å². The Balaban J connectivity index is 0.00000109. The van der Waals surface area contributed by atoms with Crippen LogP contribution in [-0.2, 0) is 0 Å². The molecule has 6 rings (SSSR count). The van der Waals surface area contributed by atoms with Crippen LogP contribution < -0.4 is 29.6 Å². The minimum atomic E-state index is -0.874. The molecule has 3 unspecified atom stereocenters. The van der Waals surface area contributed by atoms with E-state index in [0.29, 0.717) is 16.6 Å². The maximum atomic E-state index is 2.49. The second-order valence-electron chi connectivity index (χ2n) is 7.90. The first kappa shape index (κ1) is 19.1. The van der Waals surface area contributed by atoms with E-state index >= 15 is 0 Å². The first-order chi connectivity index (χ1) is 13.9. The molecule has 3 aliphatic carbocycles. The van der Waals surface area contributed by atoms with Gasteiger partial charge in [-0.25, -0.2) is 0 Å². The van der Waals surface area contributed by atoms with Crippen LogP contribution >= 0.6 is 0 Å². The molecule has 0 heterocycles. The van der Waals surface area contributed by atoms with Gasteiger partial charge in [0.2, 0.25) is 0 Å². The summed E-state index contributed by atoms with van der Waals surface area (Å²) in [4.78, 5) is 0. The molecule has 0 N–H and O–H groups in total. The van der Waals surface area contributed by atoms with E-state index < -0.39 is 8.80 Å². The summed E-state index contributed by atoms with van der Waals surface area (Å²) in [5.74, 6) is 0. The summed E-state index contributed by atoms with van der Waals surface area (Å²) in [7, 11) is -0.874. The number of fused-ring (bicyclic) bond motifs is 3. The fourth-order valence-electron chi connectivity index (χ4n) is 5.20. The summed E-state index contributed by atoms with van der Waals surface area (Å²) < 4.78 is 0. The fraction of sp³-hybridized carbons (Fsp3) is 0.111. The van der Waals surface area contributed by atoms with Crippen molar-refractivity contribution < 1.29 is 31.0 Å². The number of benzene rings is 3. The fourth-order valence-corrected chi connectivity index (χ4v) is 9.18. The molecule has 0 aliphatic heterocycles. The van der Waals surface area contributed by atoms with E-state index in [0.717, 1.165) is 0 Å². The van der Waals surface area contributed by atoms with E-state index in [1.54, 1.807) is 0 Å². The molecule has 3 atom stereocenters. The van der Waals surface area contributed by atoms with E-state index in [-0.39, 0.29) is 31.0 Å². The van der Waals surface area contributed by atoms with Gasteiger partial charge in [-0.2, -0.15) is 0 Å². The Bertz CT molecular complexity index is 1020. The molecule has 0 spiro atoms. The van der Waals surface area contributed by atoms with E-state index in [4.69, 9.17) is 0 Å². The van der Waals surface area contributed by atoms with E-state index in [1.807, 2.05) is 0 Å². The molecule has 0 saturated heterocycles. The smallest absolute Gasteiger partial charge is 1.00 e. The number of hydrogen-bond donors (Lipinski definition) is 0. The molecule has 29 heavy (non-hydrogen) atoms. The average Bonchev–Trinajstić information content (AvgIpc) is 3.47. The molecule has 0 nitrogen and oxygen atoms in total. The largest absolute Gasteiger partial charge is 1.00 e. The van der Waals surface area contributed by atoms with Gasteiger partial charge >= 0.3 is 29.6 Å². The number of allylic oxidation sites excluding steroid dienone is 3. The van der Waals surface area contributed by atoms with Crippen LogP contribution in [0.3, 0.4) is 0 Å². The van der Waals surface area contributed by atoms with Gasteiger partial charge in [0.1, 0.15) is 0 Å². The van der Waals surface area contributed by atoms with Crippen LogP contribution in [-0.4, -0.2) is 8.80 Å². The van der Waals surface area contributed by atoms with Crippen molar-refractivity contribution in [1.29, 1.82) is 0 Å². The van der Waals surface area contributed by atoms with Crippen LogP contribution in [0.15, 0.2) is 91.0 Å². The summed E-state index contributed by atoms with van der Waals surface area (Å²) >= 11 is 0. The third-order valence-electron chi connectivity index (χ3n) is 6.48. The standard InChI is InChI=1S/C27H21Si.Na.H/c1-4-10-22-19(7-1)13-16-25(22)28(26-17-14-20-8-2-5-11-23(20)26)27-18-15-21-9-3-6-12-24(21)27;;/h1-18,25-27H;;/q;+1;-1. The van der Waals surface area contributed by atoms with Gasteiger partial charge in [-0.3, -0.25) is 0 Å². The van der Waals surface area contributed by atoms with Crippen molar-refractivity contribution in [2.24, 2.45) is 0 Å². The summed E-state index contributed by atoms with van der Waals surface area (Å²) in [6, 6.07) is 26.9. The van der Waals surface area contributed by atoms with Crippen molar-refractivity contribution in [3.63, 3.8) is 0 Å². The molecule has 3 aromatic rings. The van der Waals surface area contributed by atoms with Gasteiger partial charge in [0.15, 0.2) is 0 Å². The summed E-state index contributed by atoms with van der Waals surface area (Å²) in [6.45, 7) is 0. The van der Waals surface area contributed by atoms with Crippen LogP contribution in [0, 0.1) is 0 Å². The molecule has 2 heteroatoms. The van der Waals surface area contributed by atoms with E-state index in [9.17, 15) is 0 Å². The normalized spacial score (nSPS) is 22.4. The van der Waals surface area contributed by atoms with Gasteiger partial charge in [-0.1, -0.05) is 109 Å². The Morgan fingerprint density at radius 1 is 0.483 bits per heavy atom. The molecule has 0 bridgehead atoms. The minimum absolute atomic E-state index is 0. The van der Waals surface area contributed by atoms with E-state index in [1.165, 1.54) is 33.4 Å². The quantitative estimate of drug-likeness (QED) is 0.592. The zero-order valence-electron chi connectivity index (χ0n) is 17.6. The summed E-state index contributed by atoms with van der Waals surface area (Å²) in [5, 5.41) is 0. The average molecular weight is 398 g/mol. The number of rotatable bonds is 3. The van der Waals surface area contributed by atoms with Gasteiger partial charge in [0, 0.05) is 0 Å². The monoisotopic (exact) mass is 397 g/mol. The maximum Gasteiger partial charge on any atom is 1.00 e. The van der Waals surface area contributed by atoms with Gasteiger partial charge in [-0.15, -0.1) is 0 Å². The maximum absolute atomic E-state index is 2.49. The Morgan fingerprint density at radius 3 is 1.14 bits per heavy atom. The van der Waals surface area contributed by atoms with Crippen molar-refractivity contribution in [2.45, 2.75) is 16.6 Å². The van der Waals surface area contributed by atoms with E-state index in [2.05, 4.69) is 109 Å². The first-order valence-electron chi connectivity index (χ1n) is 10.1. The topological polar surface area (TPSA) is 0 Å². The Kier molecular flexibility index (Phi) is 5.09. The predicted octanol–water partition coefficient (Wildman–Crippen LogP) is 3.65. The molecule has 0 fully saturated rings. The van der Waals surface area contributed by atoms with Gasteiger partial charge in [0.05, 0.1) is 8.80 Å². The van der Waals surface area contributed by atoms with Crippen LogP contribution in [0.5, 0.6) is 0 Å². The third-order valence-corrected chi connectivity index (χ3v) is 10.1. The first-order valence-corrected chi connectivity index (χ1v) is 11.8. The zero-order valence-corrected chi connectivity index (χ0v) is 19.6. The van der Waals surface area contributed by atoms with Crippen molar-refractivity contribution in [3.05, 3.63) is 124 Å². The van der Waals surface area contributed by atoms with Gasteiger partial charge in [0.25, 0.3) is 0 Å². The third kappa shape index (κ3) is 3.08. The minimum Gasteiger partial charge on any atom is -1.00 e. The van der Waals surface area contributed by atoms with Crippen molar-refractivity contribution in [1.82, 2.24) is 0 Å². The molecule has 0 aromatic heterocycles. The van der Waals surface area contributed by atoms with Crippen molar-refractivity contribution in [2.75, 3.05) is 0 Å². The Morgan fingerprint density at radius 2 is 0.793 bits per heavy atom. The summed E-state index contributed by atoms with van der Waals surface area (Å²) in [5.41, 5.74) is 10.4. The Labute approximate surface area is 198 Å². The Hall–Kier alpha value is -1.90. The second-order valence-corrected chi connectivity index (χ2v) is 10.8. The molecule has 0 amide bonds. The predicted molar refractivity (Wildman–Crippen MR) is 122 cm³/mol. The van der Waals surface area contributed by atoms with Gasteiger partial charge in [-0.05, 0) is 50.0 Å². The zero-order chi connectivity index (χ0) is 18.5. The van der Waals surface area contributed by atoms with Gasteiger partial charge < -0.3 is 1.43 Å². The molecule has 1 radical (unpaired) electrons. The van der Waals surface area contributed by atoms with Crippen LogP contribution in [0.1, 0.15) is 51.4 Å². The molecular formula is C27H22NaSi. The molecule has 135 valence electrons. The van der Waals surface area contributed by atoms with Crippen molar-refractivity contribution >= 4 is 27.0 Å². The summed E-state index contributed by atoms with van der Waals surface area (Å²) in [6.07, 6.45) is 14.5. The molecule has 3 aromatic carbocycles. The number of hydrogen-bond acceptors (Lipinski definition) is 0. The second kappa shape index (κ2) is 7.74. The van der Waals surface area contributed by atoms with Crippen LogP contribution in [0.2, 0.25) is 0 Å². The molecule has 3 aliphatic rings. The molecule has 0 saturated carbocycles. The SMILES string of the molecule is C1=CC([Si](C2C=Cc3ccccc32)C2C=Cc3ccccc32)c2ccccc21.[H-].[Na+]. The van der Waals surface area contributed by atoms with Crippen molar-refractivity contribution in [3.8, 4) is 0 Å².